The van der Waals surface area contributed by atoms with Crippen molar-refractivity contribution in [3.63, 3.8) is 0 Å². The molecule has 0 amide bonds. The van der Waals surface area contributed by atoms with Gasteiger partial charge in [-0.15, -0.1) is 22.9 Å². The first kappa shape index (κ1) is 12.6. The van der Waals surface area contributed by atoms with Crippen molar-refractivity contribution in [2.24, 2.45) is 0 Å². The second-order valence-electron chi connectivity index (χ2n) is 4.28. The molecule has 0 fully saturated rings. The third kappa shape index (κ3) is 2.50. The number of aromatic nitrogens is 1. The van der Waals surface area contributed by atoms with Crippen molar-refractivity contribution in [2.45, 2.75) is 11.5 Å². The van der Waals surface area contributed by atoms with Crippen molar-refractivity contribution in [1.29, 1.82) is 0 Å². The van der Waals surface area contributed by atoms with E-state index in [2.05, 4.69) is 4.98 Å². The van der Waals surface area contributed by atoms with Crippen molar-refractivity contribution in [3.8, 4) is 0 Å². The molecule has 1 N–H and O–H groups in total. The van der Waals surface area contributed by atoms with Crippen LogP contribution >= 0.6 is 22.9 Å². The molecule has 2 unspecified atom stereocenters. The maximum Gasteiger partial charge on any atom is 0.115 e. The van der Waals surface area contributed by atoms with Gasteiger partial charge in [0, 0.05) is 0 Å². The predicted octanol–water partition coefficient (Wildman–Crippen LogP) is 4.31. The Hall–Kier alpha value is -1.42. The van der Waals surface area contributed by atoms with E-state index in [1.54, 1.807) is 0 Å². The fraction of sp³-hybridized carbons (Fsp3) is 0.133. The van der Waals surface area contributed by atoms with E-state index < -0.39 is 11.5 Å². The molecule has 3 rings (SSSR count). The van der Waals surface area contributed by atoms with Crippen molar-refractivity contribution in [3.05, 3.63) is 65.2 Å². The monoisotopic (exact) mass is 289 g/mol. The largest absolute Gasteiger partial charge is 0.386 e. The number of halogens is 1. The van der Waals surface area contributed by atoms with Crippen LogP contribution in [0.4, 0.5) is 0 Å². The van der Waals surface area contributed by atoms with Gasteiger partial charge in [-0.3, -0.25) is 0 Å². The minimum Gasteiger partial charge on any atom is -0.386 e. The first-order valence-electron chi connectivity index (χ1n) is 5.98. The van der Waals surface area contributed by atoms with E-state index in [1.807, 2.05) is 54.6 Å². The molecular formula is C15H12ClNOS. The molecule has 2 atom stereocenters. The normalized spacial score (nSPS) is 14.4. The van der Waals surface area contributed by atoms with Crippen LogP contribution in [-0.2, 0) is 0 Å². The van der Waals surface area contributed by atoms with E-state index in [0.717, 1.165) is 20.8 Å². The average Bonchev–Trinajstić information content (AvgIpc) is 2.90. The summed E-state index contributed by atoms with van der Waals surface area (Å²) in [6.07, 6.45) is -0.747. The van der Waals surface area contributed by atoms with Gasteiger partial charge >= 0.3 is 0 Å². The summed E-state index contributed by atoms with van der Waals surface area (Å²) >= 11 is 7.89. The highest BCUT2D eigenvalue weighted by Crippen LogP contribution is 2.38. The van der Waals surface area contributed by atoms with Crippen LogP contribution < -0.4 is 0 Å². The molecule has 2 aromatic carbocycles. The van der Waals surface area contributed by atoms with Crippen LogP contribution in [0.5, 0.6) is 0 Å². The Morgan fingerprint density at radius 3 is 2.42 bits per heavy atom. The molecule has 1 aromatic heterocycles. The van der Waals surface area contributed by atoms with Crippen molar-refractivity contribution >= 4 is 33.2 Å². The minimum absolute atomic E-state index is 0.528. The zero-order valence-corrected chi connectivity index (χ0v) is 11.6. The zero-order chi connectivity index (χ0) is 13.2. The van der Waals surface area contributed by atoms with E-state index in [4.69, 9.17) is 11.6 Å². The van der Waals surface area contributed by atoms with Crippen molar-refractivity contribution in [1.82, 2.24) is 4.98 Å². The Morgan fingerprint density at radius 2 is 1.68 bits per heavy atom. The summed E-state index contributed by atoms with van der Waals surface area (Å²) in [5.74, 6) is 0. The van der Waals surface area contributed by atoms with Gasteiger partial charge in [-0.25, -0.2) is 4.98 Å². The fourth-order valence-corrected chi connectivity index (χ4v) is 3.27. The van der Waals surface area contributed by atoms with Gasteiger partial charge in [-0.1, -0.05) is 42.5 Å². The number of aliphatic hydroxyl groups is 1. The number of nitrogens with zero attached hydrogens (tertiary/aromatic N) is 1. The number of alkyl halides is 1. The second kappa shape index (κ2) is 5.29. The molecule has 0 aliphatic rings. The lowest BCUT2D eigenvalue weighted by Gasteiger charge is -2.14. The smallest absolute Gasteiger partial charge is 0.115 e. The summed E-state index contributed by atoms with van der Waals surface area (Å²) in [7, 11) is 0. The second-order valence-corrected chi connectivity index (χ2v) is 5.81. The number of aliphatic hydroxyl groups excluding tert-OH is 1. The summed E-state index contributed by atoms with van der Waals surface area (Å²) in [6.45, 7) is 0. The Kier molecular flexibility index (Phi) is 3.51. The molecule has 0 aliphatic carbocycles. The summed E-state index contributed by atoms with van der Waals surface area (Å²) in [4.78, 5) is 4.49. The summed E-state index contributed by atoms with van der Waals surface area (Å²) in [5.41, 5.74) is 1.73. The topological polar surface area (TPSA) is 33.1 Å². The highest BCUT2D eigenvalue weighted by Gasteiger charge is 2.23. The molecule has 2 nitrogen and oxygen atoms in total. The third-order valence-corrected chi connectivity index (χ3v) is 4.66. The molecular weight excluding hydrogens is 278 g/mol. The number of rotatable bonds is 3. The van der Waals surface area contributed by atoms with Crippen LogP contribution in [0.3, 0.4) is 0 Å². The first-order valence-corrected chi connectivity index (χ1v) is 7.23. The number of thiazole rings is 1. The Bertz CT molecular complexity index is 650. The summed E-state index contributed by atoms with van der Waals surface area (Å²) in [5, 5.41) is 10.5. The van der Waals surface area contributed by atoms with Gasteiger partial charge in [0.2, 0.25) is 0 Å². The quantitative estimate of drug-likeness (QED) is 0.729. The fourth-order valence-electron chi connectivity index (χ4n) is 1.96. The van der Waals surface area contributed by atoms with Gasteiger partial charge in [-0.05, 0) is 17.7 Å². The maximum absolute atomic E-state index is 10.3. The van der Waals surface area contributed by atoms with Gasteiger partial charge in [0.25, 0.3) is 0 Å². The van der Waals surface area contributed by atoms with Gasteiger partial charge < -0.3 is 5.11 Å². The molecule has 0 spiro atoms. The van der Waals surface area contributed by atoms with E-state index in [9.17, 15) is 5.11 Å². The average molecular weight is 290 g/mol. The van der Waals surface area contributed by atoms with Crippen LogP contribution in [0, 0.1) is 0 Å². The van der Waals surface area contributed by atoms with Crippen molar-refractivity contribution < 1.29 is 5.11 Å². The molecule has 0 radical (unpaired) electrons. The van der Waals surface area contributed by atoms with E-state index in [-0.39, 0.29) is 0 Å². The number of benzene rings is 2. The Balaban J connectivity index is 1.93. The SMILES string of the molecule is OC(c1ccccc1)C(Cl)c1nc2ccccc2s1. The van der Waals surface area contributed by atoms with Crippen LogP contribution in [0.25, 0.3) is 10.2 Å². The summed E-state index contributed by atoms with van der Waals surface area (Å²) < 4.78 is 1.09. The third-order valence-electron chi connectivity index (χ3n) is 2.96. The Labute approximate surface area is 120 Å². The van der Waals surface area contributed by atoms with Gasteiger partial charge in [-0.2, -0.15) is 0 Å². The lowest BCUT2D eigenvalue weighted by atomic mass is 10.1. The van der Waals surface area contributed by atoms with Gasteiger partial charge in [0.05, 0.1) is 10.2 Å². The van der Waals surface area contributed by atoms with Gasteiger partial charge in [0.1, 0.15) is 16.5 Å². The highest BCUT2D eigenvalue weighted by molar-refractivity contribution is 7.18. The number of para-hydroxylation sites is 1. The highest BCUT2D eigenvalue weighted by atomic mass is 35.5. The van der Waals surface area contributed by atoms with E-state index >= 15 is 0 Å². The molecule has 1 heterocycles. The van der Waals surface area contributed by atoms with Crippen LogP contribution in [0.15, 0.2) is 54.6 Å². The molecule has 19 heavy (non-hydrogen) atoms. The zero-order valence-electron chi connectivity index (χ0n) is 10.0. The van der Waals surface area contributed by atoms with E-state index in [0.29, 0.717) is 0 Å². The lowest BCUT2D eigenvalue weighted by Crippen LogP contribution is -2.05. The lowest BCUT2D eigenvalue weighted by molar-refractivity contribution is 0.172. The maximum atomic E-state index is 10.3. The molecule has 0 bridgehead atoms. The molecule has 0 saturated carbocycles. The van der Waals surface area contributed by atoms with Crippen LogP contribution in [-0.4, -0.2) is 10.1 Å². The van der Waals surface area contributed by atoms with Gasteiger partial charge in [0.15, 0.2) is 0 Å². The number of hydrogen-bond acceptors (Lipinski definition) is 3. The molecule has 96 valence electrons. The number of fused-ring (bicyclic) bond motifs is 1. The van der Waals surface area contributed by atoms with E-state index in [1.165, 1.54) is 11.3 Å². The van der Waals surface area contributed by atoms with Crippen molar-refractivity contribution in [2.75, 3.05) is 0 Å². The molecule has 3 aromatic rings. The molecule has 0 aliphatic heterocycles. The Morgan fingerprint density at radius 1 is 1.00 bits per heavy atom. The summed E-state index contributed by atoms with van der Waals surface area (Å²) in [6, 6.07) is 17.3. The van der Waals surface area contributed by atoms with Crippen LogP contribution in [0.1, 0.15) is 22.1 Å². The predicted molar refractivity (Wildman–Crippen MR) is 79.6 cm³/mol. The first-order chi connectivity index (χ1) is 9.25. The molecule has 4 heteroatoms. The molecule has 0 saturated heterocycles. The number of hydrogen-bond donors (Lipinski definition) is 1. The standard InChI is InChI=1S/C15H12ClNOS/c16-13(14(18)10-6-2-1-3-7-10)15-17-11-8-4-5-9-12(11)19-15/h1-9,13-14,18H. The van der Waals surface area contributed by atoms with Crippen LogP contribution in [0.2, 0.25) is 0 Å². The minimum atomic E-state index is -0.747.